The number of benzene rings is 1. The van der Waals surface area contributed by atoms with Crippen molar-refractivity contribution >= 4 is 23.8 Å². The zero-order valence-electron chi connectivity index (χ0n) is 19.8. The molecule has 1 fully saturated rings. The predicted octanol–water partition coefficient (Wildman–Crippen LogP) is 2.79. The molecule has 1 aromatic carbocycles. The molecule has 0 spiro atoms. The first-order valence-corrected chi connectivity index (χ1v) is 11.6. The molecule has 1 saturated heterocycles. The molecule has 0 radical (unpaired) electrons. The van der Waals surface area contributed by atoms with E-state index in [-0.39, 0.29) is 11.8 Å². The summed E-state index contributed by atoms with van der Waals surface area (Å²) < 4.78 is 0. The molecule has 2 rings (SSSR count). The molecule has 0 unspecified atom stereocenters. The largest absolute Gasteiger partial charge is 0.344 e. The number of urea groups is 1. The highest BCUT2D eigenvalue weighted by Gasteiger charge is 2.43. The number of carbonyl (C=O) groups is 4. The van der Waals surface area contributed by atoms with Gasteiger partial charge in [0.15, 0.2) is 0 Å². The van der Waals surface area contributed by atoms with Crippen LogP contribution in [0.4, 0.5) is 4.79 Å². The summed E-state index contributed by atoms with van der Waals surface area (Å²) in [6.45, 7) is 7.61. The van der Waals surface area contributed by atoms with Crippen molar-refractivity contribution in [1.82, 2.24) is 21.2 Å². The van der Waals surface area contributed by atoms with Crippen LogP contribution in [-0.2, 0) is 20.8 Å². The Labute approximate surface area is 195 Å². The molecule has 0 aliphatic carbocycles. The van der Waals surface area contributed by atoms with Gasteiger partial charge in [0.25, 0.3) is 5.91 Å². The maximum absolute atomic E-state index is 13.2. The molecule has 0 bridgehead atoms. The quantitative estimate of drug-likeness (QED) is 0.217. The fourth-order valence-electron chi connectivity index (χ4n) is 4.15. The van der Waals surface area contributed by atoms with Gasteiger partial charge < -0.3 is 5.32 Å². The molecular formula is C24H36N4O5. The Morgan fingerprint density at radius 3 is 2.33 bits per heavy atom. The zero-order chi connectivity index (χ0) is 24.5. The van der Waals surface area contributed by atoms with E-state index in [4.69, 9.17) is 0 Å². The van der Waals surface area contributed by atoms with Crippen LogP contribution in [0, 0.1) is 23.7 Å². The van der Waals surface area contributed by atoms with E-state index in [9.17, 15) is 24.4 Å². The first-order valence-electron chi connectivity index (χ1n) is 11.6. The number of imide groups is 1. The third-order valence-corrected chi connectivity index (χ3v) is 6.22. The van der Waals surface area contributed by atoms with Gasteiger partial charge in [0.1, 0.15) is 6.04 Å². The molecule has 0 saturated carbocycles. The second-order valence-corrected chi connectivity index (χ2v) is 9.16. The Hall–Kier alpha value is -2.94. The average Bonchev–Trinajstić information content (AvgIpc) is 3.08. The van der Waals surface area contributed by atoms with Crippen molar-refractivity contribution in [3.05, 3.63) is 35.9 Å². The van der Waals surface area contributed by atoms with E-state index >= 15 is 0 Å². The fourth-order valence-corrected chi connectivity index (χ4v) is 4.15. The predicted molar refractivity (Wildman–Crippen MR) is 123 cm³/mol. The number of nitrogens with one attached hydrogen (secondary N) is 3. The number of hydrogen-bond acceptors (Lipinski definition) is 5. The van der Waals surface area contributed by atoms with Crippen LogP contribution >= 0.6 is 0 Å². The van der Waals surface area contributed by atoms with Crippen LogP contribution in [-0.4, -0.2) is 40.0 Å². The Bertz CT molecular complexity index is 829. The Morgan fingerprint density at radius 1 is 1.09 bits per heavy atom. The molecule has 1 aromatic rings. The normalized spacial score (nSPS) is 18.6. The van der Waals surface area contributed by atoms with Gasteiger partial charge in [-0.3, -0.25) is 25.0 Å². The number of hydrazine groups is 1. The van der Waals surface area contributed by atoms with Crippen molar-refractivity contribution in [2.75, 3.05) is 0 Å². The van der Waals surface area contributed by atoms with E-state index in [0.717, 1.165) is 12.0 Å². The monoisotopic (exact) mass is 460 g/mol. The van der Waals surface area contributed by atoms with Crippen LogP contribution in [0.2, 0.25) is 0 Å². The van der Waals surface area contributed by atoms with Gasteiger partial charge in [0.05, 0.1) is 11.8 Å². The van der Waals surface area contributed by atoms with Crippen molar-refractivity contribution < 1.29 is 24.4 Å². The maximum Gasteiger partial charge on any atom is 0.344 e. The smallest absolute Gasteiger partial charge is 0.324 e. The second kappa shape index (κ2) is 12.3. The molecule has 33 heavy (non-hydrogen) atoms. The minimum absolute atomic E-state index is 0.0693. The summed E-state index contributed by atoms with van der Waals surface area (Å²) in [6, 6.07) is 8.40. The summed E-state index contributed by atoms with van der Waals surface area (Å²) in [4.78, 5) is 50.8. The molecular weight excluding hydrogens is 424 g/mol. The van der Waals surface area contributed by atoms with Gasteiger partial charge in [0.2, 0.25) is 11.8 Å². The van der Waals surface area contributed by atoms with Gasteiger partial charge in [-0.25, -0.2) is 10.3 Å². The van der Waals surface area contributed by atoms with Gasteiger partial charge in [-0.15, -0.1) is 0 Å². The van der Waals surface area contributed by atoms with Gasteiger partial charge in [0, 0.05) is 0 Å². The zero-order valence-corrected chi connectivity index (χ0v) is 19.8. The highest BCUT2D eigenvalue weighted by molar-refractivity contribution is 6.05. The lowest BCUT2D eigenvalue weighted by Crippen LogP contribution is -2.51. The standard InChI is InChI=1S/C24H36N4O5/c1-5-16(4)20-23(31)28(24(32)25-20)26-21(29)19(14-15(2)3)18(22(30)27-33)13-9-12-17-10-7-6-8-11-17/h6-8,10-11,15-16,18-20,33H,5,9,12-14H2,1-4H3,(H,25,32)(H,26,29)(H,27,30)/t16-,18-,19+,20-/m0/s1. The average molecular weight is 461 g/mol. The van der Waals surface area contributed by atoms with Crippen LogP contribution in [0.5, 0.6) is 0 Å². The van der Waals surface area contributed by atoms with Gasteiger partial charge in [-0.05, 0) is 43.1 Å². The second-order valence-electron chi connectivity index (χ2n) is 9.16. The Morgan fingerprint density at radius 2 is 1.76 bits per heavy atom. The Balaban J connectivity index is 2.15. The summed E-state index contributed by atoms with van der Waals surface area (Å²) in [5.74, 6) is -3.41. The molecule has 5 amide bonds. The molecule has 1 aliphatic rings. The van der Waals surface area contributed by atoms with Crippen molar-refractivity contribution in [3.63, 3.8) is 0 Å². The van der Waals surface area contributed by atoms with E-state index in [0.29, 0.717) is 30.7 Å². The fraction of sp³-hybridized carbons (Fsp3) is 0.583. The van der Waals surface area contributed by atoms with Crippen molar-refractivity contribution in [2.45, 2.75) is 65.8 Å². The van der Waals surface area contributed by atoms with Crippen LogP contribution in [0.3, 0.4) is 0 Å². The molecule has 4 atom stereocenters. The van der Waals surface area contributed by atoms with Crippen molar-refractivity contribution in [2.24, 2.45) is 23.7 Å². The van der Waals surface area contributed by atoms with E-state index in [1.165, 1.54) is 0 Å². The van der Waals surface area contributed by atoms with Gasteiger partial charge >= 0.3 is 6.03 Å². The Kier molecular flexibility index (Phi) is 9.84. The summed E-state index contributed by atoms with van der Waals surface area (Å²) in [5.41, 5.74) is 5.23. The lowest BCUT2D eigenvalue weighted by atomic mass is 9.81. The number of hydroxylamine groups is 1. The number of hydrogen-bond donors (Lipinski definition) is 4. The summed E-state index contributed by atoms with van der Waals surface area (Å²) in [5, 5.41) is 12.6. The number of rotatable bonds is 12. The van der Waals surface area contributed by atoms with Crippen LogP contribution in [0.1, 0.15) is 58.9 Å². The minimum atomic E-state index is -0.823. The third kappa shape index (κ3) is 7.02. The van der Waals surface area contributed by atoms with Crippen LogP contribution < -0.4 is 16.2 Å². The van der Waals surface area contributed by atoms with E-state index in [2.05, 4.69) is 10.7 Å². The van der Waals surface area contributed by atoms with E-state index in [1.807, 2.05) is 58.0 Å². The van der Waals surface area contributed by atoms with Crippen LogP contribution in [0.15, 0.2) is 30.3 Å². The molecule has 182 valence electrons. The lowest BCUT2D eigenvalue weighted by Gasteiger charge is -2.27. The lowest BCUT2D eigenvalue weighted by molar-refractivity contribution is -0.145. The first-order chi connectivity index (χ1) is 15.7. The molecule has 9 heteroatoms. The SMILES string of the molecule is CC[C@H](C)[C@@H]1NC(=O)N(NC(=O)[C@H](CC(C)C)[C@H](CCCc2ccccc2)C(=O)NO)C1=O. The number of nitrogens with zero attached hydrogens (tertiary/aromatic N) is 1. The van der Waals surface area contributed by atoms with Gasteiger partial charge in [-0.1, -0.05) is 64.4 Å². The van der Waals surface area contributed by atoms with E-state index in [1.54, 1.807) is 5.48 Å². The third-order valence-electron chi connectivity index (χ3n) is 6.22. The summed E-state index contributed by atoms with van der Waals surface area (Å²) in [7, 11) is 0. The molecule has 0 aromatic heterocycles. The molecule has 9 nitrogen and oxygen atoms in total. The highest BCUT2D eigenvalue weighted by Crippen LogP contribution is 2.27. The maximum atomic E-state index is 13.2. The topological polar surface area (TPSA) is 128 Å². The van der Waals surface area contributed by atoms with Crippen LogP contribution in [0.25, 0.3) is 0 Å². The van der Waals surface area contributed by atoms with Crippen molar-refractivity contribution in [1.29, 1.82) is 0 Å². The summed E-state index contributed by atoms with van der Waals surface area (Å²) in [6.07, 6.45) is 2.75. The highest BCUT2D eigenvalue weighted by atomic mass is 16.5. The molecule has 1 heterocycles. The molecule has 1 aliphatic heterocycles. The van der Waals surface area contributed by atoms with Gasteiger partial charge in [-0.2, -0.15) is 5.01 Å². The number of aryl methyl sites for hydroxylation is 1. The minimum Gasteiger partial charge on any atom is -0.324 e. The number of carbonyl (C=O) groups excluding carboxylic acids is 4. The first kappa shape index (κ1) is 26.3. The van der Waals surface area contributed by atoms with E-state index < -0.39 is 41.6 Å². The number of amides is 5. The summed E-state index contributed by atoms with van der Waals surface area (Å²) >= 11 is 0. The van der Waals surface area contributed by atoms with Crippen molar-refractivity contribution in [3.8, 4) is 0 Å². The molecule has 4 N–H and O–H groups in total.